The van der Waals surface area contributed by atoms with E-state index in [1.165, 1.54) is 5.56 Å². The number of anilines is 1. The molecule has 0 radical (unpaired) electrons. The normalized spacial score (nSPS) is 10.7. The molecular formula is C12H20N2O. The van der Waals surface area contributed by atoms with Crippen molar-refractivity contribution >= 4 is 5.69 Å². The average molecular weight is 208 g/mol. The van der Waals surface area contributed by atoms with Gasteiger partial charge in [0.1, 0.15) is 5.75 Å². The van der Waals surface area contributed by atoms with Crippen LogP contribution in [0.15, 0.2) is 18.2 Å². The van der Waals surface area contributed by atoms with E-state index in [-0.39, 0.29) is 0 Å². The second kappa shape index (κ2) is 5.61. The summed E-state index contributed by atoms with van der Waals surface area (Å²) in [6.45, 7) is 3.70. The first-order valence-electron chi connectivity index (χ1n) is 5.29. The van der Waals surface area contributed by atoms with Gasteiger partial charge < -0.3 is 15.4 Å². The Morgan fingerprint density at radius 3 is 2.60 bits per heavy atom. The highest BCUT2D eigenvalue weighted by molar-refractivity contribution is 5.54. The van der Waals surface area contributed by atoms with Crippen molar-refractivity contribution < 1.29 is 4.74 Å². The lowest BCUT2D eigenvalue weighted by atomic mass is 10.2. The van der Waals surface area contributed by atoms with Crippen LogP contribution in [0.2, 0.25) is 0 Å². The number of nitrogens with two attached hydrogens (primary N) is 1. The van der Waals surface area contributed by atoms with E-state index in [1.807, 2.05) is 26.2 Å². The molecule has 0 saturated heterocycles. The Morgan fingerprint density at radius 1 is 1.33 bits per heavy atom. The van der Waals surface area contributed by atoms with Gasteiger partial charge in [-0.25, -0.2) is 0 Å². The zero-order valence-electron chi connectivity index (χ0n) is 9.79. The quantitative estimate of drug-likeness (QED) is 0.753. The second-order valence-corrected chi connectivity index (χ2v) is 3.96. The summed E-state index contributed by atoms with van der Waals surface area (Å²) in [4.78, 5) is 2.11. The predicted octanol–water partition coefficient (Wildman–Crippen LogP) is 2.12. The van der Waals surface area contributed by atoms with Crippen molar-refractivity contribution in [2.75, 3.05) is 26.4 Å². The van der Waals surface area contributed by atoms with Gasteiger partial charge in [-0.3, -0.25) is 0 Å². The van der Waals surface area contributed by atoms with Crippen LogP contribution in [0.4, 0.5) is 5.69 Å². The standard InChI is InChI=1S/C12H20N2O/c1-4-7-15-12-6-5-10(8-11(12)13)9-14(2)3/h5-6,8H,4,7,9,13H2,1-3H3. The van der Waals surface area contributed by atoms with Gasteiger partial charge in [0, 0.05) is 6.54 Å². The van der Waals surface area contributed by atoms with Gasteiger partial charge in [-0.1, -0.05) is 13.0 Å². The van der Waals surface area contributed by atoms with Crippen molar-refractivity contribution in [2.45, 2.75) is 19.9 Å². The van der Waals surface area contributed by atoms with Gasteiger partial charge >= 0.3 is 0 Å². The summed E-state index contributed by atoms with van der Waals surface area (Å²) in [5.41, 5.74) is 7.83. The van der Waals surface area contributed by atoms with Crippen molar-refractivity contribution in [2.24, 2.45) is 0 Å². The first-order valence-corrected chi connectivity index (χ1v) is 5.29. The molecule has 2 N–H and O–H groups in total. The van der Waals surface area contributed by atoms with Crippen molar-refractivity contribution in [3.8, 4) is 5.75 Å². The lowest BCUT2D eigenvalue weighted by Gasteiger charge is -2.12. The largest absolute Gasteiger partial charge is 0.491 e. The maximum absolute atomic E-state index is 5.89. The molecule has 0 aromatic heterocycles. The molecule has 0 aliphatic carbocycles. The first kappa shape index (κ1) is 11.9. The molecule has 0 atom stereocenters. The summed E-state index contributed by atoms with van der Waals surface area (Å²) in [6, 6.07) is 5.98. The molecule has 0 spiro atoms. The molecule has 1 aromatic carbocycles. The predicted molar refractivity (Wildman–Crippen MR) is 64.0 cm³/mol. The monoisotopic (exact) mass is 208 g/mol. The van der Waals surface area contributed by atoms with E-state index < -0.39 is 0 Å². The molecule has 0 bridgehead atoms. The molecule has 0 saturated carbocycles. The van der Waals surface area contributed by atoms with E-state index in [0.717, 1.165) is 31.0 Å². The van der Waals surface area contributed by atoms with Crippen molar-refractivity contribution in [3.05, 3.63) is 23.8 Å². The first-order chi connectivity index (χ1) is 7.13. The third-order valence-electron chi connectivity index (χ3n) is 2.03. The van der Waals surface area contributed by atoms with E-state index >= 15 is 0 Å². The molecule has 1 aromatic rings. The zero-order valence-corrected chi connectivity index (χ0v) is 9.79. The number of benzene rings is 1. The number of nitrogens with zero attached hydrogens (tertiary/aromatic N) is 1. The van der Waals surface area contributed by atoms with E-state index in [0.29, 0.717) is 0 Å². The molecule has 0 aliphatic heterocycles. The Balaban J connectivity index is 2.69. The van der Waals surface area contributed by atoms with Gasteiger partial charge in [0.15, 0.2) is 0 Å². The molecule has 15 heavy (non-hydrogen) atoms. The molecule has 0 heterocycles. The maximum Gasteiger partial charge on any atom is 0.142 e. The molecule has 0 amide bonds. The van der Waals surface area contributed by atoms with Gasteiger partial charge in [-0.15, -0.1) is 0 Å². The fourth-order valence-electron chi connectivity index (χ4n) is 1.40. The summed E-state index contributed by atoms with van der Waals surface area (Å²) in [5, 5.41) is 0. The smallest absolute Gasteiger partial charge is 0.142 e. The lowest BCUT2D eigenvalue weighted by molar-refractivity contribution is 0.319. The number of ether oxygens (including phenoxy) is 1. The van der Waals surface area contributed by atoms with Crippen LogP contribution >= 0.6 is 0 Å². The molecule has 0 aliphatic rings. The maximum atomic E-state index is 5.89. The molecule has 0 fully saturated rings. The van der Waals surface area contributed by atoms with Crippen LogP contribution in [-0.4, -0.2) is 25.6 Å². The van der Waals surface area contributed by atoms with Gasteiger partial charge in [0.2, 0.25) is 0 Å². The highest BCUT2D eigenvalue weighted by atomic mass is 16.5. The fourth-order valence-corrected chi connectivity index (χ4v) is 1.40. The van der Waals surface area contributed by atoms with E-state index in [2.05, 4.69) is 17.9 Å². The van der Waals surface area contributed by atoms with Crippen LogP contribution in [0.5, 0.6) is 5.75 Å². The molecule has 0 unspecified atom stereocenters. The van der Waals surface area contributed by atoms with E-state index in [4.69, 9.17) is 10.5 Å². The van der Waals surface area contributed by atoms with Gasteiger partial charge in [0.05, 0.1) is 12.3 Å². The fraction of sp³-hybridized carbons (Fsp3) is 0.500. The third kappa shape index (κ3) is 3.80. The van der Waals surface area contributed by atoms with Gasteiger partial charge in [-0.05, 0) is 38.2 Å². The topological polar surface area (TPSA) is 38.5 Å². The summed E-state index contributed by atoms with van der Waals surface area (Å²) in [5.74, 6) is 0.791. The number of rotatable bonds is 5. The summed E-state index contributed by atoms with van der Waals surface area (Å²) < 4.78 is 5.51. The molecule has 1 rings (SSSR count). The number of nitrogen functional groups attached to an aromatic ring is 1. The SMILES string of the molecule is CCCOc1ccc(CN(C)C)cc1N. The molecular weight excluding hydrogens is 188 g/mol. The summed E-state index contributed by atoms with van der Waals surface area (Å²) in [7, 11) is 4.08. The summed E-state index contributed by atoms with van der Waals surface area (Å²) in [6.07, 6.45) is 0.999. The average Bonchev–Trinajstić information content (AvgIpc) is 2.15. The minimum Gasteiger partial charge on any atom is -0.491 e. The molecule has 3 heteroatoms. The van der Waals surface area contributed by atoms with E-state index in [9.17, 15) is 0 Å². The Morgan fingerprint density at radius 2 is 2.07 bits per heavy atom. The van der Waals surface area contributed by atoms with Crippen LogP contribution in [0, 0.1) is 0 Å². The Labute approximate surface area is 91.8 Å². The minimum atomic E-state index is 0.719. The zero-order chi connectivity index (χ0) is 11.3. The highest BCUT2D eigenvalue weighted by Crippen LogP contribution is 2.23. The highest BCUT2D eigenvalue weighted by Gasteiger charge is 2.02. The Hall–Kier alpha value is -1.22. The van der Waals surface area contributed by atoms with Crippen LogP contribution in [0.3, 0.4) is 0 Å². The molecule has 3 nitrogen and oxygen atoms in total. The molecule has 84 valence electrons. The minimum absolute atomic E-state index is 0.719. The van der Waals surface area contributed by atoms with Crippen LogP contribution < -0.4 is 10.5 Å². The van der Waals surface area contributed by atoms with E-state index in [1.54, 1.807) is 0 Å². The van der Waals surface area contributed by atoms with Crippen LogP contribution in [0.25, 0.3) is 0 Å². The second-order valence-electron chi connectivity index (χ2n) is 3.96. The van der Waals surface area contributed by atoms with Crippen molar-refractivity contribution in [1.82, 2.24) is 4.90 Å². The Bertz CT molecular complexity index is 310. The summed E-state index contributed by atoms with van der Waals surface area (Å²) >= 11 is 0. The van der Waals surface area contributed by atoms with Crippen molar-refractivity contribution in [1.29, 1.82) is 0 Å². The number of hydrogen-bond donors (Lipinski definition) is 1. The van der Waals surface area contributed by atoms with Gasteiger partial charge in [-0.2, -0.15) is 0 Å². The van der Waals surface area contributed by atoms with Crippen molar-refractivity contribution in [3.63, 3.8) is 0 Å². The lowest BCUT2D eigenvalue weighted by Crippen LogP contribution is -2.11. The third-order valence-corrected chi connectivity index (χ3v) is 2.03. The van der Waals surface area contributed by atoms with Gasteiger partial charge in [0.25, 0.3) is 0 Å². The Kier molecular flexibility index (Phi) is 4.43. The van der Waals surface area contributed by atoms with Crippen LogP contribution in [-0.2, 0) is 6.54 Å². The number of hydrogen-bond acceptors (Lipinski definition) is 3. The van der Waals surface area contributed by atoms with Crippen LogP contribution in [0.1, 0.15) is 18.9 Å².